The van der Waals surface area contributed by atoms with Crippen LogP contribution in [0, 0.1) is 0 Å². The number of thiazole rings is 1. The van der Waals surface area contributed by atoms with Gasteiger partial charge in [-0.25, -0.2) is 4.98 Å². The number of fused-ring (bicyclic) bond motifs is 3. The van der Waals surface area contributed by atoms with Crippen molar-refractivity contribution in [2.45, 2.75) is 0 Å². The summed E-state index contributed by atoms with van der Waals surface area (Å²) in [6.45, 7) is 0. The van der Waals surface area contributed by atoms with E-state index in [2.05, 4.69) is 27.6 Å². The lowest BCUT2D eigenvalue weighted by Crippen LogP contribution is -2.10. The van der Waals surface area contributed by atoms with E-state index in [9.17, 15) is 4.79 Å². The number of carbonyl (C=O) groups excluding carboxylic acids is 1. The van der Waals surface area contributed by atoms with Crippen LogP contribution in [0.3, 0.4) is 0 Å². The molecule has 0 radical (unpaired) electrons. The molecule has 2 aromatic carbocycles. The predicted octanol–water partition coefficient (Wildman–Crippen LogP) is 3.69. The Morgan fingerprint density at radius 3 is 2.90 bits per heavy atom. The van der Waals surface area contributed by atoms with Gasteiger partial charge >= 0.3 is 0 Å². The van der Waals surface area contributed by atoms with Crippen LogP contribution in [-0.2, 0) is 0 Å². The molecule has 0 bridgehead atoms. The van der Waals surface area contributed by atoms with Crippen LogP contribution in [0.2, 0.25) is 0 Å². The number of nitrogens with zero attached hydrogens (tertiary/aromatic N) is 2. The largest absolute Gasteiger partial charge is 0.351 e. The first-order valence-corrected chi connectivity index (χ1v) is 7.13. The minimum absolute atomic E-state index is 0.166. The van der Waals surface area contributed by atoms with Gasteiger partial charge in [-0.15, -0.1) is 0 Å². The van der Waals surface area contributed by atoms with Gasteiger partial charge in [0.25, 0.3) is 5.91 Å². The van der Waals surface area contributed by atoms with E-state index in [0.717, 1.165) is 21.0 Å². The number of benzene rings is 2. The summed E-state index contributed by atoms with van der Waals surface area (Å²) in [6, 6.07) is 13.6. The lowest BCUT2D eigenvalue weighted by molar-refractivity contribution is 0.0988. The summed E-state index contributed by atoms with van der Waals surface area (Å²) in [5.74, 6) is -0.185. The summed E-state index contributed by atoms with van der Waals surface area (Å²) in [5.41, 5.74) is 0.867. The molecule has 4 aromatic rings. The first-order chi connectivity index (χ1) is 10.3. The molecule has 1 amide bonds. The Morgan fingerprint density at radius 1 is 1.14 bits per heavy atom. The summed E-state index contributed by atoms with van der Waals surface area (Å²) in [6.07, 6.45) is 1.43. The van der Waals surface area contributed by atoms with Crippen molar-refractivity contribution in [3.63, 3.8) is 0 Å². The molecule has 0 saturated carbocycles. The maximum absolute atomic E-state index is 11.9. The third-order valence-electron chi connectivity index (χ3n) is 3.16. The summed E-state index contributed by atoms with van der Waals surface area (Å²) in [4.78, 5) is 16.4. The highest BCUT2D eigenvalue weighted by molar-refractivity contribution is 7.23. The van der Waals surface area contributed by atoms with Crippen molar-refractivity contribution in [2.75, 3.05) is 5.32 Å². The van der Waals surface area contributed by atoms with Crippen LogP contribution in [0.25, 0.3) is 21.0 Å². The standard InChI is InChI=1S/C15H9N3O2S/c19-14(12-7-8-16-20-12)18-15-17-11-6-5-9-3-1-2-4-10(9)13(11)21-15/h1-8H,(H,17,18,19). The Bertz CT molecular complexity index is 944. The second-order valence-electron chi connectivity index (χ2n) is 4.48. The van der Waals surface area contributed by atoms with Crippen molar-refractivity contribution in [1.82, 2.24) is 10.1 Å². The molecule has 1 N–H and O–H groups in total. The van der Waals surface area contributed by atoms with E-state index in [0.29, 0.717) is 5.13 Å². The molecule has 0 atom stereocenters. The molecule has 0 spiro atoms. The van der Waals surface area contributed by atoms with Gasteiger partial charge in [0.2, 0.25) is 5.76 Å². The Kier molecular flexibility index (Phi) is 2.68. The van der Waals surface area contributed by atoms with Crippen LogP contribution < -0.4 is 5.32 Å². The molecular weight excluding hydrogens is 286 g/mol. The molecule has 0 aliphatic carbocycles. The topological polar surface area (TPSA) is 68.0 Å². The van der Waals surface area contributed by atoms with Gasteiger partial charge in [-0.05, 0) is 11.5 Å². The summed E-state index contributed by atoms with van der Waals surface area (Å²) < 4.78 is 5.88. The number of hydrogen-bond acceptors (Lipinski definition) is 5. The SMILES string of the molecule is O=C(Nc1nc2ccc3ccccc3c2s1)c1ccno1. The molecule has 0 unspecified atom stereocenters. The average molecular weight is 295 g/mol. The number of nitrogens with one attached hydrogen (secondary N) is 1. The molecule has 2 heterocycles. The number of rotatable bonds is 2. The quantitative estimate of drug-likeness (QED) is 0.612. The zero-order valence-electron chi connectivity index (χ0n) is 10.7. The van der Waals surface area contributed by atoms with Crippen LogP contribution >= 0.6 is 11.3 Å². The lowest BCUT2D eigenvalue weighted by atomic mass is 10.1. The van der Waals surface area contributed by atoms with Gasteiger partial charge in [0.15, 0.2) is 5.13 Å². The zero-order chi connectivity index (χ0) is 14.2. The van der Waals surface area contributed by atoms with Gasteiger partial charge in [-0.1, -0.05) is 46.8 Å². The van der Waals surface area contributed by atoms with Gasteiger partial charge in [0.1, 0.15) is 0 Å². The second-order valence-corrected chi connectivity index (χ2v) is 5.48. The zero-order valence-corrected chi connectivity index (χ0v) is 11.6. The Balaban J connectivity index is 1.77. The Morgan fingerprint density at radius 2 is 2.05 bits per heavy atom. The van der Waals surface area contributed by atoms with E-state index in [4.69, 9.17) is 4.52 Å². The highest BCUT2D eigenvalue weighted by Crippen LogP contribution is 2.32. The van der Waals surface area contributed by atoms with Crippen LogP contribution in [0.5, 0.6) is 0 Å². The third kappa shape index (κ3) is 2.05. The van der Waals surface area contributed by atoms with E-state index in [1.54, 1.807) is 0 Å². The molecule has 5 nitrogen and oxygen atoms in total. The molecular formula is C15H9N3O2S. The van der Waals surface area contributed by atoms with Crippen LogP contribution in [0.15, 0.2) is 53.2 Å². The van der Waals surface area contributed by atoms with Gasteiger partial charge in [0, 0.05) is 11.5 Å². The number of amides is 1. The molecule has 102 valence electrons. The first kappa shape index (κ1) is 12.0. The number of anilines is 1. The van der Waals surface area contributed by atoms with E-state index in [-0.39, 0.29) is 11.7 Å². The second kappa shape index (κ2) is 4.68. The maximum atomic E-state index is 11.9. The molecule has 4 rings (SSSR count). The molecule has 0 aliphatic rings. The van der Waals surface area contributed by atoms with E-state index in [1.807, 2.05) is 24.3 Å². The number of carbonyl (C=O) groups is 1. The number of aromatic nitrogens is 2. The van der Waals surface area contributed by atoms with E-state index < -0.39 is 0 Å². The van der Waals surface area contributed by atoms with Gasteiger partial charge < -0.3 is 4.52 Å². The normalized spacial score (nSPS) is 11.0. The average Bonchev–Trinajstić information content (AvgIpc) is 3.16. The lowest BCUT2D eigenvalue weighted by Gasteiger charge is -1.96. The van der Waals surface area contributed by atoms with Gasteiger partial charge in [-0.2, -0.15) is 0 Å². The molecule has 2 aromatic heterocycles. The van der Waals surface area contributed by atoms with Crippen LogP contribution in [0.4, 0.5) is 5.13 Å². The van der Waals surface area contributed by atoms with Crippen LogP contribution in [0.1, 0.15) is 10.6 Å². The Labute approximate surface area is 123 Å². The fourth-order valence-electron chi connectivity index (χ4n) is 2.20. The van der Waals surface area contributed by atoms with Crippen molar-refractivity contribution in [1.29, 1.82) is 0 Å². The monoisotopic (exact) mass is 295 g/mol. The molecule has 0 fully saturated rings. The Hall–Kier alpha value is -2.73. The minimum Gasteiger partial charge on any atom is -0.351 e. The summed E-state index contributed by atoms with van der Waals surface area (Å²) >= 11 is 1.45. The van der Waals surface area contributed by atoms with Crippen molar-refractivity contribution in [3.8, 4) is 0 Å². The predicted molar refractivity (Wildman–Crippen MR) is 81.6 cm³/mol. The first-order valence-electron chi connectivity index (χ1n) is 6.31. The molecule has 0 saturated heterocycles. The fraction of sp³-hybridized carbons (Fsp3) is 0. The fourth-order valence-corrected chi connectivity index (χ4v) is 3.20. The van der Waals surface area contributed by atoms with Crippen molar-refractivity contribution >= 4 is 43.4 Å². The van der Waals surface area contributed by atoms with E-state index in [1.165, 1.54) is 23.6 Å². The number of hydrogen-bond donors (Lipinski definition) is 1. The highest BCUT2D eigenvalue weighted by Gasteiger charge is 2.13. The molecule has 21 heavy (non-hydrogen) atoms. The highest BCUT2D eigenvalue weighted by atomic mass is 32.1. The minimum atomic E-state index is -0.351. The van der Waals surface area contributed by atoms with Gasteiger partial charge in [0.05, 0.1) is 16.4 Å². The summed E-state index contributed by atoms with van der Waals surface area (Å²) in [5, 5.41) is 9.08. The summed E-state index contributed by atoms with van der Waals surface area (Å²) in [7, 11) is 0. The van der Waals surface area contributed by atoms with E-state index >= 15 is 0 Å². The van der Waals surface area contributed by atoms with Crippen LogP contribution in [-0.4, -0.2) is 16.0 Å². The van der Waals surface area contributed by atoms with Crippen molar-refractivity contribution in [2.24, 2.45) is 0 Å². The third-order valence-corrected chi connectivity index (χ3v) is 4.18. The van der Waals surface area contributed by atoms with Gasteiger partial charge in [-0.3, -0.25) is 10.1 Å². The molecule has 6 heteroatoms. The smallest absolute Gasteiger partial charge is 0.296 e. The van der Waals surface area contributed by atoms with Crippen molar-refractivity contribution in [3.05, 3.63) is 54.4 Å². The van der Waals surface area contributed by atoms with Crippen molar-refractivity contribution < 1.29 is 9.32 Å². The molecule has 0 aliphatic heterocycles. The maximum Gasteiger partial charge on any atom is 0.296 e.